The fraction of sp³-hybridized carbons (Fsp3) is 0.0556. The number of aromatic nitrogens is 2. The highest BCUT2D eigenvalue weighted by Gasteiger charge is 2.11. The number of carbonyl (C=O) groups excluding carboxylic acids is 1. The zero-order valence-corrected chi connectivity index (χ0v) is 12.6. The van der Waals surface area contributed by atoms with Crippen molar-refractivity contribution in [3.05, 3.63) is 67.0 Å². The number of nitrogens with one attached hydrogen (secondary N) is 1. The lowest BCUT2D eigenvalue weighted by Gasteiger charge is -2.10. The van der Waals surface area contributed by atoms with E-state index >= 15 is 0 Å². The average Bonchev–Trinajstić information content (AvgIpc) is 2.59. The van der Waals surface area contributed by atoms with Crippen LogP contribution in [0.4, 0.5) is 5.69 Å². The Balaban J connectivity index is 2.02. The Bertz CT molecular complexity index is 873. The van der Waals surface area contributed by atoms with E-state index in [4.69, 9.17) is 4.74 Å². The topological polar surface area (TPSA) is 64.1 Å². The van der Waals surface area contributed by atoms with Crippen molar-refractivity contribution in [1.29, 1.82) is 0 Å². The maximum absolute atomic E-state index is 11.5. The van der Waals surface area contributed by atoms with Gasteiger partial charge in [0, 0.05) is 11.6 Å². The molecule has 0 spiro atoms. The van der Waals surface area contributed by atoms with Crippen molar-refractivity contribution in [2.45, 2.75) is 6.92 Å². The summed E-state index contributed by atoms with van der Waals surface area (Å²) in [5.41, 5.74) is 2.29. The number of benzene rings is 1. The van der Waals surface area contributed by atoms with Gasteiger partial charge in [-0.25, -0.2) is 4.98 Å². The fourth-order valence-corrected chi connectivity index (χ4v) is 2.12. The molecule has 1 N–H and O–H groups in total. The summed E-state index contributed by atoms with van der Waals surface area (Å²) in [7, 11) is 0. The molecule has 0 bridgehead atoms. The third kappa shape index (κ3) is 3.18. The van der Waals surface area contributed by atoms with Crippen LogP contribution < -0.4 is 10.1 Å². The van der Waals surface area contributed by atoms with Gasteiger partial charge in [-0.15, -0.1) is 0 Å². The molecule has 0 saturated carbocycles. The quantitative estimate of drug-likeness (QED) is 0.743. The Labute approximate surface area is 133 Å². The number of ether oxygens (including phenoxy) is 1. The Morgan fingerprint density at radius 1 is 1.22 bits per heavy atom. The van der Waals surface area contributed by atoms with Gasteiger partial charge in [0.05, 0.1) is 11.9 Å². The van der Waals surface area contributed by atoms with Gasteiger partial charge in [-0.3, -0.25) is 9.78 Å². The minimum absolute atomic E-state index is 0.302. The number of rotatable bonds is 4. The molecule has 5 nitrogen and oxygen atoms in total. The average molecular weight is 305 g/mol. The SMILES string of the molecule is C=CC(=O)Nc1cnc(Oc2ccc(C)cc2)c2ncccc12. The predicted octanol–water partition coefficient (Wildman–Crippen LogP) is 3.86. The van der Waals surface area contributed by atoms with Crippen LogP contribution >= 0.6 is 0 Å². The second-order valence-electron chi connectivity index (χ2n) is 4.99. The number of pyridine rings is 2. The molecule has 0 aliphatic rings. The maximum atomic E-state index is 11.5. The van der Waals surface area contributed by atoms with E-state index in [1.165, 1.54) is 6.08 Å². The minimum atomic E-state index is -0.302. The van der Waals surface area contributed by atoms with E-state index in [2.05, 4.69) is 21.9 Å². The molecule has 3 rings (SSSR count). The largest absolute Gasteiger partial charge is 0.437 e. The number of fused-ring (bicyclic) bond motifs is 1. The van der Waals surface area contributed by atoms with Gasteiger partial charge in [-0.2, -0.15) is 0 Å². The molecule has 1 aromatic carbocycles. The lowest BCUT2D eigenvalue weighted by atomic mass is 10.2. The number of anilines is 1. The van der Waals surface area contributed by atoms with Crippen LogP contribution in [0, 0.1) is 6.92 Å². The van der Waals surface area contributed by atoms with Gasteiger partial charge in [0.2, 0.25) is 11.8 Å². The molecule has 0 aliphatic carbocycles. The highest BCUT2D eigenvalue weighted by molar-refractivity contribution is 6.05. The van der Waals surface area contributed by atoms with Crippen LogP contribution in [0.3, 0.4) is 0 Å². The van der Waals surface area contributed by atoms with Crippen LogP contribution in [-0.4, -0.2) is 15.9 Å². The molecular weight excluding hydrogens is 290 g/mol. The van der Waals surface area contributed by atoms with Crippen molar-refractivity contribution in [2.75, 3.05) is 5.32 Å². The summed E-state index contributed by atoms with van der Waals surface area (Å²) >= 11 is 0. The first-order valence-corrected chi connectivity index (χ1v) is 7.09. The molecule has 114 valence electrons. The summed E-state index contributed by atoms with van der Waals surface area (Å²) in [6.07, 6.45) is 4.42. The maximum Gasteiger partial charge on any atom is 0.247 e. The van der Waals surface area contributed by atoms with Crippen LogP contribution in [0.5, 0.6) is 11.6 Å². The van der Waals surface area contributed by atoms with E-state index in [9.17, 15) is 4.79 Å². The molecule has 0 unspecified atom stereocenters. The van der Waals surface area contributed by atoms with Gasteiger partial charge in [-0.1, -0.05) is 24.3 Å². The summed E-state index contributed by atoms with van der Waals surface area (Å²) in [5.74, 6) is 0.767. The standard InChI is InChI=1S/C18H15N3O2/c1-3-16(22)21-15-11-20-18(17-14(15)5-4-10-19-17)23-13-8-6-12(2)7-9-13/h3-11H,1H2,2H3,(H,21,22). The fourth-order valence-electron chi connectivity index (χ4n) is 2.12. The predicted molar refractivity (Wildman–Crippen MR) is 89.6 cm³/mol. The van der Waals surface area contributed by atoms with E-state index < -0.39 is 0 Å². The molecule has 0 fully saturated rings. The van der Waals surface area contributed by atoms with Gasteiger partial charge in [0.15, 0.2) is 0 Å². The van der Waals surface area contributed by atoms with E-state index in [0.29, 0.717) is 22.8 Å². The number of amides is 1. The van der Waals surface area contributed by atoms with Gasteiger partial charge in [0.1, 0.15) is 11.3 Å². The van der Waals surface area contributed by atoms with Gasteiger partial charge in [0.25, 0.3) is 0 Å². The van der Waals surface area contributed by atoms with Gasteiger partial charge < -0.3 is 10.1 Å². The molecule has 2 heterocycles. The van der Waals surface area contributed by atoms with E-state index in [-0.39, 0.29) is 5.91 Å². The second-order valence-corrected chi connectivity index (χ2v) is 4.99. The Morgan fingerprint density at radius 2 is 2.00 bits per heavy atom. The van der Waals surface area contributed by atoms with Crippen LogP contribution in [0.2, 0.25) is 0 Å². The number of hydrogen-bond donors (Lipinski definition) is 1. The number of aryl methyl sites for hydroxylation is 1. The monoisotopic (exact) mass is 305 g/mol. The summed E-state index contributed by atoms with van der Waals surface area (Å²) in [6, 6.07) is 11.3. The minimum Gasteiger partial charge on any atom is -0.437 e. The van der Waals surface area contributed by atoms with E-state index in [1.807, 2.05) is 37.3 Å². The highest BCUT2D eigenvalue weighted by atomic mass is 16.5. The molecule has 0 radical (unpaired) electrons. The Kier molecular flexibility index (Phi) is 4.01. The highest BCUT2D eigenvalue weighted by Crippen LogP contribution is 2.30. The third-order valence-electron chi connectivity index (χ3n) is 3.29. The lowest BCUT2D eigenvalue weighted by molar-refractivity contribution is -0.111. The van der Waals surface area contributed by atoms with Gasteiger partial charge in [-0.05, 0) is 37.3 Å². The molecule has 0 atom stereocenters. The van der Waals surface area contributed by atoms with Crippen molar-refractivity contribution < 1.29 is 9.53 Å². The molecule has 0 saturated heterocycles. The zero-order chi connectivity index (χ0) is 16.2. The van der Waals surface area contributed by atoms with Crippen LogP contribution in [0.1, 0.15) is 5.56 Å². The molecular formula is C18H15N3O2. The third-order valence-corrected chi connectivity index (χ3v) is 3.29. The summed E-state index contributed by atoms with van der Waals surface area (Å²) < 4.78 is 5.83. The number of hydrogen-bond acceptors (Lipinski definition) is 4. The van der Waals surface area contributed by atoms with Crippen molar-refractivity contribution >= 4 is 22.5 Å². The van der Waals surface area contributed by atoms with Crippen molar-refractivity contribution in [3.8, 4) is 11.6 Å². The number of carbonyl (C=O) groups is 1. The molecule has 2 aromatic heterocycles. The first-order valence-electron chi connectivity index (χ1n) is 7.09. The first kappa shape index (κ1) is 14.7. The summed E-state index contributed by atoms with van der Waals surface area (Å²) in [6.45, 7) is 5.45. The first-order chi connectivity index (χ1) is 11.2. The molecule has 3 aromatic rings. The molecule has 0 aliphatic heterocycles. The number of nitrogens with zero attached hydrogens (tertiary/aromatic N) is 2. The smallest absolute Gasteiger partial charge is 0.247 e. The summed E-state index contributed by atoms with van der Waals surface area (Å²) in [5, 5.41) is 3.47. The van der Waals surface area contributed by atoms with Crippen LogP contribution in [-0.2, 0) is 4.79 Å². The van der Waals surface area contributed by atoms with Gasteiger partial charge >= 0.3 is 0 Å². The molecule has 5 heteroatoms. The Morgan fingerprint density at radius 3 is 2.74 bits per heavy atom. The normalized spacial score (nSPS) is 10.3. The van der Waals surface area contributed by atoms with Crippen molar-refractivity contribution in [2.24, 2.45) is 0 Å². The van der Waals surface area contributed by atoms with Crippen LogP contribution in [0.15, 0.2) is 61.4 Å². The van der Waals surface area contributed by atoms with E-state index in [0.717, 1.165) is 10.9 Å². The van der Waals surface area contributed by atoms with Crippen LogP contribution in [0.25, 0.3) is 10.9 Å². The van der Waals surface area contributed by atoms with E-state index in [1.54, 1.807) is 18.5 Å². The van der Waals surface area contributed by atoms with Crippen molar-refractivity contribution in [1.82, 2.24) is 9.97 Å². The van der Waals surface area contributed by atoms with Crippen molar-refractivity contribution in [3.63, 3.8) is 0 Å². The molecule has 1 amide bonds. The molecule has 23 heavy (non-hydrogen) atoms. The zero-order valence-electron chi connectivity index (χ0n) is 12.6. The Hall–Kier alpha value is -3.21. The summed E-state index contributed by atoms with van der Waals surface area (Å²) in [4.78, 5) is 20.1. The second kappa shape index (κ2) is 6.27. The lowest BCUT2D eigenvalue weighted by Crippen LogP contribution is -2.08.